The number of hydrogen-bond acceptors (Lipinski definition) is 6. The number of carbonyl (C=O) groups is 1. The summed E-state index contributed by atoms with van der Waals surface area (Å²) in [5.41, 5.74) is 0.328. The molecule has 3 rings (SSSR count). The van der Waals surface area contributed by atoms with Crippen LogP contribution in [0.2, 0.25) is 0 Å². The molecule has 10 heteroatoms. The molecule has 162 valence electrons. The van der Waals surface area contributed by atoms with E-state index in [-0.39, 0.29) is 48.5 Å². The van der Waals surface area contributed by atoms with E-state index in [0.29, 0.717) is 24.7 Å². The van der Waals surface area contributed by atoms with Crippen LogP contribution in [0.15, 0.2) is 47.4 Å². The van der Waals surface area contributed by atoms with Crippen LogP contribution in [0.5, 0.6) is 11.5 Å². The van der Waals surface area contributed by atoms with Gasteiger partial charge in [0, 0.05) is 18.8 Å². The summed E-state index contributed by atoms with van der Waals surface area (Å²) in [4.78, 5) is 12.2. The molecular formula is C20H23FN2O6S. The van der Waals surface area contributed by atoms with Crippen LogP contribution in [-0.4, -0.2) is 58.7 Å². The average Bonchev–Trinajstić information content (AvgIpc) is 2.75. The molecule has 0 aliphatic carbocycles. The van der Waals surface area contributed by atoms with Gasteiger partial charge in [-0.15, -0.1) is 0 Å². The van der Waals surface area contributed by atoms with Crippen LogP contribution in [-0.2, 0) is 19.6 Å². The predicted octanol–water partition coefficient (Wildman–Crippen LogP) is 2.26. The third-order valence-corrected chi connectivity index (χ3v) is 6.37. The van der Waals surface area contributed by atoms with Crippen LogP contribution in [0.3, 0.4) is 0 Å². The van der Waals surface area contributed by atoms with E-state index in [1.165, 1.54) is 47.8 Å². The molecule has 1 aliphatic rings. The molecule has 1 fully saturated rings. The van der Waals surface area contributed by atoms with Gasteiger partial charge in [0.2, 0.25) is 15.9 Å². The van der Waals surface area contributed by atoms with E-state index in [1.807, 2.05) is 0 Å². The molecular weight excluding hydrogens is 415 g/mol. The van der Waals surface area contributed by atoms with Gasteiger partial charge in [-0.3, -0.25) is 4.79 Å². The minimum absolute atomic E-state index is 0.0211. The Bertz CT molecular complexity index is 975. The second kappa shape index (κ2) is 9.88. The molecule has 0 bridgehead atoms. The van der Waals surface area contributed by atoms with Gasteiger partial charge in [-0.05, 0) is 42.5 Å². The number of sulfonamides is 1. The fraction of sp³-hybridized carbons (Fsp3) is 0.350. The second-order valence-corrected chi connectivity index (χ2v) is 8.39. The first-order valence-electron chi connectivity index (χ1n) is 9.34. The number of benzene rings is 2. The van der Waals surface area contributed by atoms with E-state index in [0.717, 1.165) is 0 Å². The van der Waals surface area contributed by atoms with Crippen LogP contribution in [0.25, 0.3) is 0 Å². The molecule has 30 heavy (non-hydrogen) atoms. The molecule has 0 radical (unpaired) electrons. The van der Waals surface area contributed by atoms with Crippen molar-refractivity contribution in [2.75, 3.05) is 45.3 Å². The number of methoxy groups -OCH3 is 1. The summed E-state index contributed by atoms with van der Waals surface area (Å²) in [6, 6.07) is 9.92. The summed E-state index contributed by atoms with van der Waals surface area (Å²) in [7, 11) is -2.41. The molecule has 1 saturated heterocycles. The zero-order chi connectivity index (χ0) is 21.6. The maximum atomic E-state index is 13.0. The van der Waals surface area contributed by atoms with Gasteiger partial charge in [0.25, 0.3) is 0 Å². The quantitative estimate of drug-likeness (QED) is 0.680. The van der Waals surface area contributed by atoms with Gasteiger partial charge in [0.15, 0.2) is 0 Å². The predicted molar refractivity (Wildman–Crippen MR) is 108 cm³/mol. The van der Waals surface area contributed by atoms with Crippen molar-refractivity contribution in [1.82, 2.24) is 4.31 Å². The SMILES string of the molecule is COc1ccc(NC(=O)CCOc2ccc(F)cc2)cc1S(=O)(=O)N1CCOCC1. The smallest absolute Gasteiger partial charge is 0.246 e. The number of nitrogens with one attached hydrogen (secondary N) is 1. The summed E-state index contributed by atoms with van der Waals surface area (Å²) in [5, 5.41) is 2.66. The minimum Gasteiger partial charge on any atom is -0.495 e. The first-order chi connectivity index (χ1) is 14.4. The lowest BCUT2D eigenvalue weighted by Crippen LogP contribution is -2.40. The monoisotopic (exact) mass is 438 g/mol. The molecule has 8 nitrogen and oxygen atoms in total. The number of carbonyl (C=O) groups excluding carboxylic acids is 1. The lowest BCUT2D eigenvalue weighted by molar-refractivity contribution is -0.116. The van der Waals surface area contributed by atoms with Crippen LogP contribution in [0.1, 0.15) is 6.42 Å². The van der Waals surface area contributed by atoms with Crippen LogP contribution < -0.4 is 14.8 Å². The zero-order valence-corrected chi connectivity index (χ0v) is 17.3. The fourth-order valence-corrected chi connectivity index (χ4v) is 4.49. The van der Waals surface area contributed by atoms with Crippen molar-refractivity contribution in [3.05, 3.63) is 48.3 Å². The number of halogens is 1. The van der Waals surface area contributed by atoms with Gasteiger partial charge in [-0.25, -0.2) is 12.8 Å². The van der Waals surface area contributed by atoms with Gasteiger partial charge in [-0.1, -0.05) is 0 Å². The third kappa shape index (κ3) is 5.47. The van der Waals surface area contributed by atoms with Crippen molar-refractivity contribution in [2.45, 2.75) is 11.3 Å². The Kier molecular flexibility index (Phi) is 7.24. The second-order valence-electron chi connectivity index (χ2n) is 6.48. The Morgan fingerprint density at radius 3 is 2.53 bits per heavy atom. The highest BCUT2D eigenvalue weighted by atomic mass is 32.2. The van der Waals surface area contributed by atoms with Crippen molar-refractivity contribution >= 4 is 21.6 Å². The van der Waals surface area contributed by atoms with E-state index < -0.39 is 10.0 Å². The molecule has 0 spiro atoms. The van der Waals surface area contributed by atoms with E-state index in [2.05, 4.69) is 5.32 Å². The Labute approximate surface area is 174 Å². The Hall–Kier alpha value is -2.69. The van der Waals surface area contributed by atoms with Gasteiger partial charge >= 0.3 is 0 Å². The van der Waals surface area contributed by atoms with Crippen LogP contribution in [0.4, 0.5) is 10.1 Å². The number of nitrogens with zero attached hydrogens (tertiary/aromatic N) is 1. The van der Waals surface area contributed by atoms with Crippen LogP contribution >= 0.6 is 0 Å². The molecule has 2 aromatic carbocycles. The summed E-state index contributed by atoms with van der Waals surface area (Å²) >= 11 is 0. The highest BCUT2D eigenvalue weighted by molar-refractivity contribution is 7.89. The molecule has 0 aromatic heterocycles. The summed E-state index contributed by atoms with van der Waals surface area (Å²) < 4.78 is 56.0. The zero-order valence-electron chi connectivity index (χ0n) is 16.5. The topological polar surface area (TPSA) is 94.2 Å². The molecule has 2 aromatic rings. The van der Waals surface area contributed by atoms with Gasteiger partial charge < -0.3 is 19.5 Å². The first kappa shape index (κ1) is 22.0. The minimum atomic E-state index is -3.80. The largest absolute Gasteiger partial charge is 0.495 e. The first-order valence-corrected chi connectivity index (χ1v) is 10.8. The van der Waals surface area contributed by atoms with E-state index in [9.17, 15) is 17.6 Å². The number of ether oxygens (including phenoxy) is 3. The third-order valence-electron chi connectivity index (χ3n) is 4.45. The van der Waals surface area contributed by atoms with Crippen molar-refractivity contribution in [1.29, 1.82) is 0 Å². The Balaban J connectivity index is 1.65. The average molecular weight is 438 g/mol. The molecule has 1 heterocycles. The normalized spacial score (nSPS) is 14.9. The fourth-order valence-electron chi connectivity index (χ4n) is 2.90. The van der Waals surface area contributed by atoms with Crippen LogP contribution in [0, 0.1) is 5.82 Å². The van der Waals surface area contributed by atoms with Gasteiger partial charge in [-0.2, -0.15) is 4.31 Å². The Morgan fingerprint density at radius 2 is 1.87 bits per heavy atom. The number of hydrogen-bond donors (Lipinski definition) is 1. The summed E-state index contributed by atoms with van der Waals surface area (Å²) in [5.74, 6) is -0.0777. The van der Waals surface area contributed by atoms with E-state index >= 15 is 0 Å². The molecule has 0 unspecified atom stereocenters. The van der Waals surface area contributed by atoms with Crippen molar-refractivity contribution < 1.29 is 31.8 Å². The lowest BCUT2D eigenvalue weighted by Gasteiger charge is -2.26. The van der Waals surface area contributed by atoms with E-state index in [4.69, 9.17) is 14.2 Å². The molecule has 1 N–H and O–H groups in total. The molecule has 0 saturated carbocycles. The van der Waals surface area contributed by atoms with Gasteiger partial charge in [0.1, 0.15) is 22.2 Å². The summed E-state index contributed by atoms with van der Waals surface area (Å²) in [6.07, 6.45) is 0.0367. The van der Waals surface area contributed by atoms with Crippen molar-refractivity contribution in [3.63, 3.8) is 0 Å². The molecule has 0 atom stereocenters. The van der Waals surface area contributed by atoms with Crippen molar-refractivity contribution in [2.24, 2.45) is 0 Å². The number of amides is 1. The number of rotatable bonds is 8. The number of morpholine rings is 1. The maximum absolute atomic E-state index is 13.0. The highest BCUT2D eigenvalue weighted by Gasteiger charge is 2.29. The summed E-state index contributed by atoms with van der Waals surface area (Å²) in [6.45, 7) is 1.25. The Morgan fingerprint density at radius 1 is 1.17 bits per heavy atom. The van der Waals surface area contributed by atoms with Crippen molar-refractivity contribution in [3.8, 4) is 11.5 Å². The molecule has 1 aliphatic heterocycles. The molecule has 1 amide bonds. The number of anilines is 1. The standard InChI is InChI=1S/C20H23FN2O6S/c1-27-18-7-4-16(14-19(18)30(25,26)23-9-12-28-13-10-23)22-20(24)8-11-29-17-5-2-15(21)3-6-17/h2-7,14H,8-13H2,1H3,(H,22,24). The highest BCUT2D eigenvalue weighted by Crippen LogP contribution is 2.30. The van der Waals surface area contributed by atoms with E-state index in [1.54, 1.807) is 6.07 Å². The maximum Gasteiger partial charge on any atom is 0.246 e. The lowest BCUT2D eigenvalue weighted by atomic mass is 10.3. The van der Waals surface area contributed by atoms with Gasteiger partial charge in [0.05, 0.1) is 33.4 Å².